The molecule has 3 amide bonds. The van der Waals surface area contributed by atoms with Gasteiger partial charge in [-0.05, 0) is 19.1 Å². The topological polar surface area (TPSA) is 105 Å². The zero-order valence-electron chi connectivity index (χ0n) is 14.0. The molecule has 134 valence electrons. The predicted molar refractivity (Wildman–Crippen MR) is 89.6 cm³/mol. The Morgan fingerprint density at radius 3 is 2.52 bits per heavy atom. The third-order valence-corrected chi connectivity index (χ3v) is 3.73. The number of carbonyl (C=O) groups excluding carboxylic acids is 4. The fourth-order valence-corrected chi connectivity index (χ4v) is 2.52. The fourth-order valence-electron chi connectivity index (χ4n) is 2.52. The molecule has 1 saturated heterocycles. The SMILES string of the molecule is CCOC(=O)C(=O)NCCNC(=O)C1CC(=O)N(c2ccccc2)C1. The van der Waals surface area contributed by atoms with Crippen LogP contribution in [0.2, 0.25) is 0 Å². The van der Waals surface area contributed by atoms with E-state index in [-0.39, 0.29) is 37.9 Å². The van der Waals surface area contributed by atoms with Crippen LogP contribution in [-0.2, 0) is 23.9 Å². The summed E-state index contributed by atoms with van der Waals surface area (Å²) in [6.45, 7) is 2.32. The third kappa shape index (κ3) is 5.03. The smallest absolute Gasteiger partial charge is 0.396 e. The van der Waals surface area contributed by atoms with Gasteiger partial charge in [-0.3, -0.25) is 14.4 Å². The van der Waals surface area contributed by atoms with Crippen molar-refractivity contribution in [2.24, 2.45) is 5.92 Å². The highest BCUT2D eigenvalue weighted by Gasteiger charge is 2.34. The van der Waals surface area contributed by atoms with Gasteiger partial charge in [0.15, 0.2) is 0 Å². The van der Waals surface area contributed by atoms with E-state index < -0.39 is 17.8 Å². The fraction of sp³-hybridized carbons (Fsp3) is 0.412. The highest BCUT2D eigenvalue weighted by molar-refractivity contribution is 6.32. The molecule has 0 radical (unpaired) electrons. The van der Waals surface area contributed by atoms with Gasteiger partial charge >= 0.3 is 11.9 Å². The lowest BCUT2D eigenvalue weighted by Gasteiger charge is -2.16. The first kappa shape index (κ1) is 18.4. The molecule has 0 saturated carbocycles. The second-order valence-corrected chi connectivity index (χ2v) is 5.51. The van der Waals surface area contributed by atoms with Crippen LogP contribution in [-0.4, -0.2) is 49.9 Å². The summed E-state index contributed by atoms with van der Waals surface area (Å²) in [4.78, 5) is 48.3. The Bertz CT molecular complexity index is 647. The molecule has 1 unspecified atom stereocenters. The van der Waals surface area contributed by atoms with Crippen molar-refractivity contribution in [2.45, 2.75) is 13.3 Å². The number of para-hydroxylation sites is 1. The molecule has 1 heterocycles. The number of carbonyl (C=O) groups is 4. The quantitative estimate of drug-likeness (QED) is 0.422. The number of hydrogen-bond donors (Lipinski definition) is 2. The molecule has 8 nitrogen and oxygen atoms in total. The molecule has 1 aromatic carbocycles. The normalized spacial score (nSPS) is 16.4. The average molecular weight is 347 g/mol. The number of ether oxygens (including phenoxy) is 1. The van der Waals surface area contributed by atoms with Crippen LogP contribution >= 0.6 is 0 Å². The number of rotatable bonds is 6. The summed E-state index contributed by atoms with van der Waals surface area (Å²) in [7, 11) is 0. The van der Waals surface area contributed by atoms with E-state index in [0.29, 0.717) is 6.54 Å². The maximum atomic E-state index is 12.2. The molecule has 1 aromatic rings. The highest BCUT2D eigenvalue weighted by atomic mass is 16.5. The van der Waals surface area contributed by atoms with Crippen LogP contribution in [0.5, 0.6) is 0 Å². The third-order valence-electron chi connectivity index (χ3n) is 3.73. The Morgan fingerprint density at radius 1 is 1.16 bits per heavy atom. The Labute approximate surface area is 145 Å². The van der Waals surface area contributed by atoms with Crippen molar-refractivity contribution in [1.82, 2.24) is 10.6 Å². The molecule has 0 bridgehead atoms. The molecule has 25 heavy (non-hydrogen) atoms. The largest absolute Gasteiger partial charge is 0.459 e. The van der Waals surface area contributed by atoms with Gasteiger partial charge in [0.2, 0.25) is 11.8 Å². The van der Waals surface area contributed by atoms with E-state index in [4.69, 9.17) is 0 Å². The van der Waals surface area contributed by atoms with E-state index in [1.165, 1.54) is 0 Å². The second-order valence-electron chi connectivity index (χ2n) is 5.51. The molecule has 1 atom stereocenters. The van der Waals surface area contributed by atoms with E-state index in [1.807, 2.05) is 30.3 Å². The minimum atomic E-state index is -0.950. The molecule has 0 spiro atoms. The van der Waals surface area contributed by atoms with Gasteiger partial charge in [0.1, 0.15) is 0 Å². The minimum absolute atomic E-state index is 0.0954. The number of nitrogens with one attached hydrogen (secondary N) is 2. The summed E-state index contributed by atoms with van der Waals surface area (Å²) in [5, 5.41) is 5.01. The van der Waals surface area contributed by atoms with E-state index in [9.17, 15) is 19.2 Å². The van der Waals surface area contributed by atoms with Crippen LogP contribution < -0.4 is 15.5 Å². The summed E-state index contributed by atoms with van der Waals surface area (Å²) in [6.07, 6.45) is 0.149. The van der Waals surface area contributed by atoms with Crippen molar-refractivity contribution in [2.75, 3.05) is 31.1 Å². The summed E-state index contributed by atoms with van der Waals surface area (Å²) < 4.78 is 4.55. The van der Waals surface area contributed by atoms with E-state index >= 15 is 0 Å². The number of benzene rings is 1. The molecule has 2 N–H and O–H groups in total. The maximum absolute atomic E-state index is 12.2. The van der Waals surface area contributed by atoms with Crippen molar-refractivity contribution < 1.29 is 23.9 Å². The summed E-state index contributed by atoms with van der Waals surface area (Å²) in [5.74, 6) is -2.58. The minimum Gasteiger partial charge on any atom is -0.459 e. The molecule has 0 aromatic heterocycles. The Hall–Kier alpha value is -2.90. The lowest BCUT2D eigenvalue weighted by molar-refractivity contribution is -0.154. The molecular weight excluding hydrogens is 326 g/mol. The van der Waals surface area contributed by atoms with Crippen molar-refractivity contribution in [3.63, 3.8) is 0 Å². The van der Waals surface area contributed by atoms with Gasteiger partial charge in [-0.15, -0.1) is 0 Å². The zero-order chi connectivity index (χ0) is 18.2. The first-order chi connectivity index (χ1) is 12.0. The van der Waals surface area contributed by atoms with Gasteiger partial charge in [-0.1, -0.05) is 18.2 Å². The summed E-state index contributed by atoms with van der Waals surface area (Å²) >= 11 is 0. The van der Waals surface area contributed by atoms with E-state index in [1.54, 1.807) is 11.8 Å². The number of nitrogens with zero attached hydrogens (tertiary/aromatic N) is 1. The molecule has 1 aliphatic rings. The Morgan fingerprint density at radius 2 is 1.84 bits per heavy atom. The maximum Gasteiger partial charge on any atom is 0.396 e. The highest BCUT2D eigenvalue weighted by Crippen LogP contribution is 2.24. The van der Waals surface area contributed by atoms with Gasteiger partial charge in [0.05, 0.1) is 12.5 Å². The van der Waals surface area contributed by atoms with Gasteiger partial charge < -0.3 is 20.3 Å². The lowest BCUT2D eigenvalue weighted by Crippen LogP contribution is -2.40. The van der Waals surface area contributed by atoms with Crippen molar-refractivity contribution in [3.05, 3.63) is 30.3 Å². The first-order valence-corrected chi connectivity index (χ1v) is 8.11. The monoisotopic (exact) mass is 347 g/mol. The van der Waals surface area contributed by atoms with Gasteiger partial charge in [-0.2, -0.15) is 0 Å². The van der Waals surface area contributed by atoms with Crippen molar-refractivity contribution >= 4 is 29.4 Å². The van der Waals surface area contributed by atoms with Crippen molar-refractivity contribution in [3.8, 4) is 0 Å². The lowest BCUT2D eigenvalue weighted by atomic mass is 10.1. The molecule has 1 aliphatic heterocycles. The molecule has 0 aliphatic carbocycles. The molecule has 8 heteroatoms. The van der Waals surface area contributed by atoms with Crippen LogP contribution in [0.1, 0.15) is 13.3 Å². The van der Waals surface area contributed by atoms with Gasteiger partial charge in [0.25, 0.3) is 0 Å². The van der Waals surface area contributed by atoms with Crippen LogP contribution in [0.15, 0.2) is 30.3 Å². The predicted octanol–water partition coefficient (Wildman–Crippen LogP) is -0.165. The van der Waals surface area contributed by atoms with E-state index in [2.05, 4.69) is 15.4 Å². The molecular formula is C17H21N3O5. The Kier molecular flexibility index (Phi) is 6.50. The van der Waals surface area contributed by atoms with Gasteiger partial charge in [0, 0.05) is 31.7 Å². The second kappa shape index (κ2) is 8.81. The van der Waals surface area contributed by atoms with Crippen molar-refractivity contribution in [1.29, 1.82) is 0 Å². The standard InChI is InChI=1S/C17H21N3O5/c1-2-25-17(24)16(23)19-9-8-18-15(22)12-10-14(21)20(11-12)13-6-4-3-5-7-13/h3-7,12H,2,8-11H2,1H3,(H,18,22)(H,19,23). The average Bonchev–Trinajstić information content (AvgIpc) is 3.01. The number of amides is 3. The van der Waals surface area contributed by atoms with E-state index in [0.717, 1.165) is 5.69 Å². The zero-order valence-corrected chi connectivity index (χ0v) is 14.0. The first-order valence-electron chi connectivity index (χ1n) is 8.11. The summed E-state index contributed by atoms with van der Waals surface area (Å²) in [6, 6.07) is 9.18. The molecule has 1 fully saturated rings. The van der Waals surface area contributed by atoms with Crippen LogP contribution in [0.25, 0.3) is 0 Å². The number of esters is 1. The number of hydrogen-bond acceptors (Lipinski definition) is 5. The summed E-state index contributed by atoms with van der Waals surface area (Å²) in [5.41, 5.74) is 0.768. The molecule has 2 rings (SSSR count). The Balaban J connectivity index is 1.74. The number of anilines is 1. The van der Waals surface area contributed by atoms with Crippen LogP contribution in [0.3, 0.4) is 0 Å². The van der Waals surface area contributed by atoms with Crippen LogP contribution in [0.4, 0.5) is 5.69 Å². The van der Waals surface area contributed by atoms with Gasteiger partial charge in [-0.25, -0.2) is 4.79 Å². The van der Waals surface area contributed by atoms with Crippen LogP contribution in [0, 0.1) is 5.92 Å².